The predicted molar refractivity (Wildman–Crippen MR) is 119 cm³/mol. The summed E-state index contributed by atoms with van der Waals surface area (Å²) in [6, 6.07) is 7.06. The highest BCUT2D eigenvalue weighted by atomic mass is 16.4. The summed E-state index contributed by atoms with van der Waals surface area (Å²) in [5, 5.41) is 19.7. The maximum Gasteiger partial charge on any atom is 0.410 e. The van der Waals surface area contributed by atoms with Crippen LogP contribution in [0.1, 0.15) is 36.2 Å². The summed E-state index contributed by atoms with van der Waals surface area (Å²) in [5.41, 5.74) is 1.53. The topological polar surface area (TPSA) is 129 Å². The van der Waals surface area contributed by atoms with Crippen LogP contribution in [0.5, 0.6) is 0 Å². The minimum atomic E-state index is -1.24. The molecule has 0 atom stereocenters. The zero-order valence-corrected chi connectivity index (χ0v) is 18.1. The third kappa shape index (κ3) is 3.84. The molecular formula is C21H24N8O3. The number of aryl methyl sites for hydroxylation is 1. The van der Waals surface area contributed by atoms with E-state index in [4.69, 9.17) is 0 Å². The standard InChI is InChI=1S/C21H24N8O3/c1-4-9-28-12-22-26-19(28)15-7-6-8-16(23-15)29-11-14-13(20(29)30)10-17(27(3)5-2)24-18(14)25-21(31)32/h6-8,10,12H,4-5,9,11H2,1-3H3,(H,24,25)(H,31,32). The largest absolute Gasteiger partial charge is 0.465 e. The Balaban J connectivity index is 1.72. The lowest BCUT2D eigenvalue weighted by atomic mass is 10.1. The zero-order chi connectivity index (χ0) is 22.8. The van der Waals surface area contributed by atoms with E-state index in [0.717, 1.165) is 13.0 Å². The fourth-order valence-corrected chi connectivity index (χ4v) is 3.59. The van der Waals surface area contributed by atoms with Crippen LogP contribution in [0, 0.1) is 0 Å². The molecule has 2 N–H and O–H groups in total. The Morgan fingerprint density at radius 1 is 1.28 bits per heavy atom. The van der Waals surface area contributed by atoms with Gasteiger partial charge in [0.15, 0.2) is 5.82 Å². The SMILES string of the molecule is CCCn1cnnc1-c1cccc(N2Cc3c(cc(N(C)CC)nc3NC(=O)O)C2=O)n1. The first-order valence-corrected chi connectivity index (χ1v) is 10.3. The normalized spacial score (nSPS) is 12.7. The Hall–Kier alpha value is -4.02. The number of carbonyl (C=O) groups excluding carboxylic acids is 1. The number of carboxylic acid groups (broad SMARTS) is 1. The number of pyridine rings is 2. The van der Waals surface area contributed by atoms with Crippen LogP contribution in [0.2, 0.25) is 0 Å². The molecule has 0 saturated carbocycles. The minimum absolute atomic E-state index is 0.153. The third-order valence-electron chi connectivity index (χ3n) is 5.31. The van der Waals surface area contributed by atoms with Gasteiger partial charge in [0.1, 0.15) is 29.5 Å². The van der Waals surface area contributed by atoms with Gasteiger partial charge in [0.2, 0.25) is 0 Å². The average Bonchev–Trinajstić information content (AvgIpc) is 3.38. The van der Waals surface area contributed by atoms with E-state index in [1.54, 1.807) is 18.5 Å². The number of carbonyl (C=O) groups is 2. The Bertz CT molecular complexity index is 1180. The van der Waals surface area contributed by atoms with Crippen LogP contribution < -0.4 is 15.1 Å². The molecule has 3 aromatic rings. The van der Waals surface area contributed by atoms with Gasteiger partial charge in [0, 0.05) is 25.7 Å². The first-order chi connectivity index (χ1) is 15.4. The van der Waals surface area contributed by atoms with Crippen molar-refractivity contribution in [2.45, 2.75) is 33.4 Å². The Morgan fingerprint density at radius 3 is 2.81 bits per heavy atom. The average molecular weight is 436 g/mol. The number of hydrogen-bond donors (Lipinski definition) is 2. The summed E-state index contributed by atoms with van der Waals surface area (Å²) in [6.07, 6.45) is 1.34. The second-order valence-corrected chi connectivity index (χ2v) is 7.42. The van der Waals surface area contributed by atoms with Crippen molar-refractivity contribution >= 4 is 29.5 Å². The van der Waals surface area contributed by atoms with Crippen LogP contribution >= 0.6 is 0 Å². The van der Waals surface area contributed by atoms with Crippen molar-refractivity contribution in [3.05, 3.63) is 41.7 Å². The maximum absolute atomic E-state index is 13.3. The summed E-state index contributed by atoms with van der Waals surface area (Å²) in [6.45, 7) is 5.57. The second-order valence-electron chi connectivity index (χ2n) is 7.42. The van der Waals surface area contributed by atoms with E-state index in [1.165, 1.54) is 4.90 Å². The first kappa shape index (κ1) is 21.2. The molecular weight excluding hydrogens is 412 g/mol. The molecule has 0 unspecified atom stereocenters. The lowest BCUT2D eigenvalue weighted by Gasteiger charge is -2.17. The number of aromatic nitrogens is 5. The highest BCUT2D eigenvalue weighted by Gasteiger charge is 2.34. The molecule has 0 aliphatic carbocycles. The third-order valence-corrected chi connectivity index (χ3v) is 5.31. The lowest BCUT2D eigenvalue weighted by molar-refractivity contribution is 0.0996. The molecule has 0 saturated heterocycles. The van der Waals surface area contributed by atoms with Crippen molar-refractivity contribution in [3.8, 4) is 11.5 Å². The van der Waals surface area contributed by atoms with Gasteiger partial charge >= 0.3 is 6.09 Å². The summed E-state index contributed by atoms with van der Waals surface area (Å²) in [4.78, 5) is 37.0. The zero-order valence-electron chi connectivity index (χ0n) is 18.1. The van der Waals surface area contributed by atoms with Gasteiger partial charge in [-0.25, -0.2) is 14.8 Å². The van der Waals surface area contributed by atoms with Crippen LogP contribution in [0.25, 0.3) is 11.5 Å². The van der Waals surface area contributed by atoms with Gasteiger partial charge in [-0.05, 0) is 31.5 Å². The summed E-state index contributed by atoms with van der Waals surface area (Å²) < 4.78 is 1.92. The maximum atomic E-state index is 13.3. The molecule has 1 aliphatic heterocycles. The van der Waals surface area contributed by atoms with Crippen molar-refractivity contribution in [1.29, 1.82) is 0 Å². The van der Waals surface area contributed by atoms with Gasteiger partial charge < -0.3 is 14.6 Å². The van der Waals surface area contributed by atoms with Crippen LogP contribution in [0.15, 0.2) is 30.6 Å². The van der Waals surface area contributed by atoms with Gasteiger partial charge in [0.05, 0.1) is 12.1 Å². The van der Waals surface area contributed by atoms with Crippen molar-refractivity contribution in [2.75, 3.05) is 28.7 Å². The van der Waals surface area contributed by atoms with Gasteiger partial charge in [-0.3, -0.25) is 15.0 Å². The first-order valence-electron chi connectivity index (χ1n) is 10.3. The molecule has 0 aromatic carbocycles. The van der Waals surface area contributed by atoms with E-state index in [9.17, 15) is 14.7 Å². The van der Waals surface area contributed by atoms with Crippen molar-refractivity contribution in [3.63, 3.8) is 0 Å². The molecule has 11 heteroatoms. The Labute approximate surface area is 184 Å². The molecule has 4 heterocycles. The van der Waals surface area contributed by atoms with Crippen molar-refractivity contribution in [1.82, 2.24) is 24.7 Å². The highest BCUT2D eigenvalue weighted by Crippen LogP contribution is 2.34. The number of anilines is 3. The van der Waals surface area contributed by atoms with E-state index >= 15 is 0 Å². The van der Waals surface area contributed by atoms with Gasteiger partial charge in [-0.1, -0.05) is 13.0 Å². The van der Waals surface area contributed by atoms with E-state index in [2.05, 4.69) is 32.4 Å². The van der Waals surface area contributed by atoms with Gasteiger partial charge in [-0.2, -0.15) is 0 Å². The van der Waals surface area contributed by atoms with Gasteiger partial charge in [-0.15, -0.1) is 10.2 Å². The van der Waals surface area contributed by atoms with Crippen LogP contribution in [0.4, 0.5) is 22.2 Å². The van der Waals surface area contributed by atoms with E-state index in [1.807, 2.05) is 35.6 Å². The number of hydrogen-bond acceptors (Lipinski definition) is 7. The minimum Gasteiger partial charge on any atom is -0.465 e. The molecule has 0 bridgehead atoms. The summed E-state index contributed by atoms with van der Waals surface area (Å²) in [7, 11) is 1.83. The lowest BCUT2D eigenvalue weighted by Crippen LogP contribution is -2.24. The molecule has 4 rings (SSSR count). The van der Waals surface area contributed by atoms with E-state index < -0.39 is 6.09 Å². The fourth-order valence-electron chi connectivity index (χ4n) is 3.59. The molecule has 2 amide bonds. The molecule has 11 nitrogen and oxygen atoms in total. The summed E-state index contributed by atoms with van der Waals surface area (Å²) >= 11 is 0. The van der Waals surface area contributed by atoms with Crippen LogP contribution in [0.3, 0.4) is 0 Å². The molecule has 0 spiro atoms. The van der Waals surface area contributed by atoms with Gasteiger partial charge in [0.25, 0.3) is 5.91 Å². The summed E-state index contributed by atoms with van der Waals surface area (Å²) in [5.74, 6) is 1.47. The fraction of sp³-hybridized carbons (Fsp3) is 0.333. The van der Waals surface area contributed by atoms with Crippen LogP contribution in [-0.2, 0) is 13.1 Å². The molecule has 166 valence electrons. The number of amides is 2. The molecule has 1 aliphatic rings. The predicted octanol–water partition coefficient (Wildman–Crippen LogP) is 2.85. The van der Waals surface area contributed by atoms with Crippen molar-refractivity contribution < 1.29 is 14.7 Å². The number of nitrogens with one attached hydrogen (secondary N) is 1. The van der Waals surface area contributed by atoms with Crippen LogP contribution in [-0.4, -0.2) is 55.4 Å². The Kier molecular flexibility index (Phi) is 5.71. The number of fused-ring (bicyclic) bond motifs is 1. The molecule has 32 heavy (non-hydrogen) atoms. The number of nitrogens with zero attached hydrogens (tertiary/aromatic N) is 7. The van der Waals surface area contributed by atoms with E-state index in [-0.39, 0.29) is 18.3 Å². The monoisotopic (exact) mass is 436 g/mol. The Morgan fingerprint density at radius 2 is 2.09 bits per heavy atom. The highest BCUT2D eigenvalue weighted by molar-refractivity contribution is 6.11. The smallest absolute Gasteiger partial charge is 0.410 e. The quantitative estimate of drug-likeness (QED) is 0.578. The van der Waals surface area contributed by atoms with Crippen molar-refractivity contribution in [2.24, 2.45) is 0 Å². The van der Waals surface area contributed by atoms with E-state index in [0.29, 0.717) is 40.8 Å². The molecule has 0 radical (unpaired) electrons. The molecule has 3 aromatic heterocycles. The number of rotatable bonds is 7. The molecule has 0 fully saturated rings. The second kappa shape index (κ2) is 8.61.